The second kappa shape index (κ2) is 6.22. The minimum atomic E-state index is 0.614. The normalized spacial score (nSPS) is 16.1. The second-order valence-corrected chi connectivity index (χ2v) is 5.40. The minimum absolute atomic E-state index is 0.614. The van der Waals surface area contributed by atoms with Gasteiger partial charge in [-0.25, -0.2) is 4.98 Å². The van der Waals surface area contributed by atoms with E-state index < -0.39 is 0 Å². The molecule has 0 radical (unpaired) electrons. The number of aromatic nitrogens is 3. The fraction of sp³-hybridized carbons (Fsp3) is 0.600. The topological polar surface area (TPSA) is 55.9 Å². The van der Waals surface area contributed by atoms with Crippen molar-refractivity contribution in [2.75, 3.05) is 0 Å². The molecule has 1 aliphatic carbocycles. The van der Waals surface area contributed by atoms with Crippen LogP contribution in [0.4, 0.5) is 0 Å². The van der Waals surface area contributed by atoms with Gasteiger partial charge in [0.2, 0.25) is 5.89 Å². The Labute approximate surface area is 119 Å². The number of nitrogens with one attached hydrogen (secondary N) is 1. The molecule has 1 N–H and O–H groups in total. The smallest absolute Gasteiger partial charge is 0.208 e. The number of aryl methyl sites for hydroxylation is 1. The van der Waals surface area contributed by atoms with Crippen LogP contribution in [0.5, 0.6) is 0 Å². The van der Waals surface area contributed by atoms with Crippen molar-refractivity contribution in [3.8, 4) is 0 Å². The Balaban J connectivity index is 1.48. The van der Waals surface area contributed by atoms with Gasteiger partial charge in [-0.2, -0.15) is 5.10 Å². The fourth-order valence-electron chi connectivity index (χ4n) is 2.73. The van der Waals surface area contributed by atoms with E-state index in [1.165, 1.54) is 25.7 Å². The van der Waals surface area contributed by atoms with E-state index in [4.69, 9.17) is 4.42 Å². The third kappa shape index (κ3) is 3.10. The van der Waals surface area contributed by atoms with E-state index >= 15 is 0 Å². The van der Waals surface area contributed by atoms with Gasteiger partial charge in [0.1, 0.15) is 5.76 Å². The molecule has 5 heteroatoms. The first-order valence-electron chi connectivity index (χ1n) is 7.53. The summed E-state index contributed by atoms with van der Waals surface area (Å²) < 4.78 is 7.69. The third-order valence-electron chi connectivity index (χ3n) is 3.89. The van der Waals surface area contributed by atoms with E-state index in [2.05, 4.69) is 39.3 Å². The molecule has 1 aliphatic rings. The van der Waals surface area contributed by atoms with Gasteiger partial charge in [-0.05, 0) is 18.9 Å². The molecule has 0 spiro atoms. The Hall–Kier alpha value is -1.62. The highest BCUT2D eigenvalue weighted by Gasteiger charge is 2.17. The fourth-order valence-corrected chi connectivity index (χ4v) is 2.73. The molecule has 0 bridgehead atoms. The molecule has 0 aliphatic heterocycles. The molecular formula is C15H22N4O. The molecule has 2 aromatic rings. The van der Waals surface area contributed by atoms with Crippen molar-refractivity contribution in [3.05, 3.63) is 35.8 Å². The van der Waals surface area contributed by atoms with E-state index in [1.54, 1.807) is 6.20 Å². The zero-order valence-electron chi connectivity index (χ0n) is 12.0. The molecule has 0 unspecified atom stereocenters. The summed E-state index contributed by atoms with van der Waals surface area (Å²) >= 11 is 0. The molecule has 0 amide bonds. The summed E-state index contributed by atoms with van der Waals surface area (Å²) in [6.07, 6.45) is 10.00. The predicted molar refractivity (Wildman–Crippen MR) is 76.2 cm³/mol. The van der Waals surface area contributed by atoms with Crippen LogP contribution in [0.3, 0.4) is 0 Å². The Morgan fingerprint density at radius 3 is 2.95 bits per heavy atom. The van der Waals surface area contributed by atoms with E-state index in [-0.39, 0.29) is 0 Å². The molecule has 0 saturated heterocycles. The molecule has 1 saturated carbocycles. The highest BCUT2D eigenvalue weighted by Crippen LogP contribution is 2.28. The number of nitrogens with zero attached hydrogens (tertiary/aromatic N) is 3. The first kappa shape index (κ1) is 13.4. The molecule has 5 nitrogen and oxygen atoms in total. The van der Waals surface area contributed by atoms with Crippen LogP contribution in [-0.2, 0) is 19.5 Å². The highest BCUT2D eigenvalue weighted by molar-refractivity contribution is 5.00. The molecule has 3 rings (SSSR count). The number of oxazole rings is 1. The zero-order chi connectivity index (χ0) is 13.8. The van der Waals surface area contributed by atoms with Crippen molar-refractivity contribution >= 4 is 0 Å². The van der Waals surface area contributed by atoms with Crippen LogP contribution in [0.25, 0.3) is 0 Å². The molecule has 20 heavy (non-hydrogen) atoms. The van der Waals surface area contributed by atoms with Crippen LogP contribution in [0.1, 0.15) is 56.0 Å². The average molecular weight is 274 g/mol. The van der Waals surface area contributed by atoms with Gasteiger partial charge in [0.25, 0.3) is 0 Å². The van der Waals surface area contributed by atoms with Crippen molar-refractivity contribution in [1.82, 2.24) is 20.1 Å². The lowest BCUT2D eigenvalue weighted by molar-refractivity contribution is 0.434. The van der Waals surface area contributed by atoms with Gasteiger partial charge in [-0.15, -0.1) is 0 Å². The maximum Gasteiger partial charge on any atom is 0.208 e. The summed E-state index contributed by atoms with van der Waals surface area (Å²) in [5, 5.41) is 7.98. The Kier molecular flexibility index (Phi) is 4.16. The molecule has 0 aromatic carbocycles. The van der Waals surface area contributed by atoms with Crippen LogP contribution in [0.15, 0.2) is 22.9 Å². The summed E-state index contributed by atoms with van der Waals surface area (Å²) in [5.41, 5.74) is 1.08. The Bertz CT molecular complexity index is 540. The first-order valence-corrected chi connectivity index (χ1v) is 7.53. The average Bonchev–Trinajstić information content (AvgIpc) is 3.20. The minimum Gasteiger partial charge on any atom is -0.444 e. The highest BCUT2D eigenvalue weighted by atomic mass is 16.4. The monoisotopic (exact) mass is 274 g/mol. The molecule has 2 heterocycles. The lowest BCUT2D eigenvalue weighted by Crippen LogP contribution is -2.14. The number of rotatable bonds is 6. The molecule has 2 aromatic heterocycles. The Morgan fingerprint density at radius 1 is 1.35 bits per heavy atom. The zero-order valence-corrected chi connectivity index (χ0v) is 12.0. The molecular weight excluding hydrogens is 252 g/mol. The van der Waals surface area contributed by atoms with E-state index in [9.17, 15) is 0 Å². The van der Waals surface area contributed by atoms with Gasteiger partial charge >= 0.3 is 0 Å². The van der Waals surface area contributed by atoms with Crippen molar-refractivity contribution < 1.29 is 4.42 Å². The summed E-state index contributed by atoms with van der Waals surface area (Å²) in [7, 11) is 0. The van der Waals surface area contributed by atoms with E-state index in [0.29, 0.717) is 12.6 Å². The summed E-state index contributed by atoms with van der Waals surface area (Å²) in [5.74, 6) is 1.68. The van der Waals surface area contributed by atoms with E-state index in [0.717, 1.165) is 30.3 Å². The summed E-state index contributed by atoms with van der Waals surface area (Å²) in [6.45, 7) is 3.47. The maximum absolute atomic E-state index is 5.56. The lowest BCUT2D eigenvalue weighted by Gasteiger charge is -2.08. The van der Waals surface area contributed by atoms with Gasteiger partial charge < -0.3 is 9.73 Å². The van der Waals surface area contributed by atoms with Gasteiger partial charge in [-0.3, -0.25) is 4.68 Å². The van der Waals surface area contributed by atoms with Gasteiger partial charge in [0.05, 0.1) is 24.5 Å². The van der Waals surface area contributed by atoms with Crippen molar-refractivity contribution in [3.63, 3.8) is 0 Å². The van der Waals surface area contributed by atoms with Crippen LogP contribution in [0.2, 0.25) is 0 Å². The lowest BCUT2D eigenvalue weighted by atomic mass is 10.3. The molecule has 0 atom stereocenters. The van der Waals surface area contributed by atoms with E-state index in [1.807, 2.05) is 0 Å². The van der Waals surface area contributed by atoms with Crippen LogP contribution in [0, 0.1) is 0 Å². The number of hydrogen-bond donors (Lipinski definition) is 1. The van der Waals surface area contributed by atoms with Crippen LogP contribution >= 0.6 is 0 Å². The maximum atomic E-state index is 5.56. The van der Waals surface area contributed by atoms with Gasteiger partial charge in [0.15, 0.2) is 0 Å². The largest absolute Gasteiger partial charge is 0.444 e. The first-order chi connectivity index (χ1) is 9.85. The number of hydrogen-bond acceptors (Lipinski definition) is 4. The Morgan fingerprint density at radius 2 is 2.20 bits per heavy atom. The van der Waals surface area contributed by atoms with Crippen molar-refractivity contribution in [2.45, 2.75) is 58.2 Å². The van der Waals surface area contributed by atoms with Gasteiger partial charge in [0, 0.05) is 19.2 Å². The molecule has 108 valence electrons. The summed E-state index contributed by atoms with van der Waals surface area (Å²) in [4.78, 5) is 4.23. The van der Waals surface area contributed by atoms with Crippen LogP contribution < -0.4 is 5.32 Å². The van der Waals surface area contributed by atoms with Crippen LogP contribution in [-0.4, -0.2) is 14.8 Å². The van der Waals surface area contributed by atoms with Crippen molar-refractivity contribution in [1.29, 1.82) is 0 Å². The predicted octanol–water partition coefficient (Wildman–Crippen LogP) is 2.84. The SMILES string of the molecule is CCc1cnc(CNCc2ccn(C3CCCC3)n2)o1. The van der Waals surface area contributed by atoms with Crippen molar-refractivity contribution in [2.24, 2.45) is 0 Å². The molecule has 1 fully saturated rings. The second-order valence-electron chi connectivity index (χ2n) is 5.40. The summed E-state index contributed by atoms with van der Waals surface area (Å²) in [6, 6.07) is 2.71. The van der Waals surface area contributed by atoms with Gasteiger partial charge in [-0.1, -0.05) is 19.8 Å². The quantitative estimate of drug-likeness (QED) is 0.880. The third-order valence-corrected chi connectivity index (χ3v) is 3.89. The standard InChI is InChI=1S/C15H22N4O/c1-2-14-10-17-15(20-14)11-16-9-12-7-8-19(18-12)13-5-3-4-6-13/h7-8,10,13,16H,2-6,9,11H2,1H3.